The number of carbonyl (C=O) groups is 1. The van der Waals surface area contributed by atoms with Crippen LogP contribution in [0.15, 0.2) is 48.9 Å². The number of hydrogen-bond acceptors (Lipinski definition) is 5. The molecule has 31 heavy (non-hydrogen) atoms. The first kappa shape index (κ1) is 19.9. The minimum Gasteiger partial charge on any atom is -0.371 e. The zero-order valence-electron chi connectivity index (χ0n) is 18.0. The molecule has 7 nitrogen and oxygen atoms in total. The number of aromatic nitrogens is 2. The summed E-state index contributed by atoms with van der Waals surface area (Å²) < 4.78 is 0.0591. The summed E-state index contributed by atoms with van der Waals surface area (Å²) in [6.07, 6.45) is 8.41. The van der Waals surface area contributed by atoms with E-state index in [0.29, 0.717) is 13.1 Å². The van der Waals surface area contributed by atoms with Gasteiger partial charge in [-0.15, -0.1) is 10.0 Å². The molecule has 0 saturated carbocycles. The summed E-state index contributed by atoms with van der Waals surface area (Å²) in [7, 11) is 0. The maximum atomic E-state index is 13.2. The third-order valence-corrected chi connectivity index (χ3v) is 6.57. The van der Waals surface area contributed by atoms with Crippen molar-refractivity contribution in [3.05, 3.63) is 54.5 Å². The molecule has 3 aromatic rings. The van der Waals surface area contributed by atoms with Gasteiger partial charge in [0.25, 0.3) is 0 Å². The number of nitrogens with one attached hydrogen (secondary N) is 2. The third-order valence-electron chi connectivity index (χ3n) is 6.57. The van der Waals surface area contributed by atoms with Crippen LogP contribution in [0.3, 0.4) is 0 Å². The lowest BCUT2D eigenvalue weighted by atomic mass is 10.1. The Balaban J connectivity index is 1.46. The molecule has 160 valence electrons. The quantitative estimate of drug-likeness (QED) is 0.594. The van der Waals surface area contributed by atoms with E-state index < -0.39 is 0 Å². The summed E-state index contributed by atoms with van der Waals surface area (Å²) in [5, 5.41) is 3.98. The summed E-state index contributed by atoms with van der Waals surface area (Å²) in [5.41, 5.74) is 8.65. The molecule has 0 bridgehead atoms. The van der Waals surface area contributed by atoms with Crippen molar-refractivity contribution in [1.29, 1.82) is 0 Å². The van der Waals surface area contributed by atoms with Gasteiger partial charge in [0.1, 0.15) is 18.6 Å². The fourth-order valence-electron chi connectivity index (χ4n) is 4.84. The number of hydrogen-bond donors (Lipinski definition) is 2. The molecule has 2 aromatic carbocycles. The van der Waals surface area contributed by atoms with Crippen molar-refractivity contribution >= 4 is 34.0 Å². The SMILES string of the molecule is CC[N+]1(NCc2ccccc2N2CCCCCC2)C(=O)Nc2cc3cncnc3cc21. The van der Waals surface area contributed by atoms with Gasteiger partial charge in [-0.3, -0.25) is 5.32 Å². The van der Waals surface area contributed by atoms with Crippen molar-refractivity contribution < 1.29 is 4.79 Å². The summed E-state index contributed by atoms with van der Waals surface area (Å²) in [6, 6.07) is 12.5. The Morgan fingerprint density at radius 3 is 2.74 bits per heavy atom. The number of carbonyl (C=O) groups excluding carboxylic acids is 1. The Labute approximate surface area is 182 Å². The molecular formula is C24H29N6O+. The molecule has 2 amide bonds. The van der Waals surface area contributed by atoms with Crippen LogP contribution < -0.4 is 20.2 Å². The number of fused-ring (bicyclic) bond motifs is 2. The lowest BCUT2D eigenvalue weighted by molar-refractivity contribution is 0.192. The van der Waals surface area contributed by atoms with Crippen molar-refractivity contribution in [1.82, 2.24) is 20.0 Å². The van der Waals surface area contributed by atoms with E-state index in [-0.39, 0.29) is 10.6 Å². The van der Waals surface area contributed by atoms with Crippen LogP contribution in [0.25, 0.3) is 10.9 Å². The van der Waals surface area contributed by atoms with Gasteiger partial charge in [-0.1, -0.05) is 31.0 Å². The van der Waals surface area contributed by atoms with Crippen LogP contribution in [0.5, 0.6) is 0 Å². The maximum Gasteiger partial charge on any atom is 0.445 e. The largest absolute Gasteiger partial charge is 0.445 e. The molecule has 3 heterocycles. The first-order valence-electron chi connectivity index (χ1n) is 11.2. The monoisotopic (exact) mass is 417 g/mol. The van der Waals surface area contributed by atoms with Crippen LogP contribution in [0, 0.1) is 0 Å². The van der Waals surface area contributed by atoms with Crippen LogP contribution in [0.1, 0.15) is 38.2 Å². The van der Waals surface area contributed by atoms with E-state index in [1.807, 2.05) is 19.1 Å². The number of benzene rings is 2. The zero-order valence-corrected chi connectivity index (χ0v) is 18.0. The number of para-hydroxylation sites is 1. The second kappa shape index (κ2) is 8.24. The zero-order chi connectivity index (χ0) is 21.3. The fraction of sp³-hybridized carbons (Fsp3) is 0.375. The van der Waals surface area contributed by atoms with Crippen molar-refractivity contribution in [3.63, 3.8) is 0 Å². The average molecular weight is 418 g/mol. The fourth-order valence-corrected chi connectivity index (χ4v) is 4.84. The number of nitrogens with zero attached hydrogens (tertiary/aromatic N) is 4. The number of amides is 2. The molecule has 1 aromatic heterocycles. The molecule has 0 spiro atoms. The minimum atomic E-state index is -0.0620. The van der Waals surface area contributed by atoms with Crippen molar-refractivity contribution in [3.8, 4) is 0 Å². The van der Waals surface area contributed by atoms with Crippen LogP contribution in [-0.2, 0) is 6.54 Å². The standard InChI is InChI=1S/C24H28N6O/c1-2-30(23-14-20-19(15-25-17-26-20)13-21(23)28-24(30)31)27-16-18-9-5-6-10-22(18)29-11-7-3-4-8-12-29/h5-6,9-10,13-15,17,27H,2-4,7-8,11-12,16H2,1H3/p+1. The van der Waals surface area contributed by atoms with Gasteiger partial charge in [0.15, 0.2) is 5.69 Å². The van der Waals surface area contributed by atoms with Crippen molar-refractivity contribution in [2.45, 2.75) is 39.2 Å². The lowest BCUT2D eigenvalue weighted by Crippen LogP contribution is -2.61. The molecule has 2 aliphatic rings. The van der Waals surface area contributed by atoms with Crippen molar-refractivity contribution in [2.75, 3.05) is 29.9 Å². The molecule has 1 saturated heterocycles. The van der Waals surface area contributed by atoms with Gasteiger partial charge in [0, 0.05) is 36.4 Å². The van der Waals surface area contributed by atoms with Crippen LogP contribution in [0.2, 0.25) is 0 Å². The molecule has 2 aliphatic heterocycles. The predicted octanol–water partition coefficient (Wildman–Crippen LogP) is 4.59. The van der Waals surface area contributed by atoms with E-state index in [9.17, 15) is 4.79 Å². The molecule has 1 fully saturated rings. The van der Waals surface area contributed by atoms with Crippen molar-refractivity contribution in [2.24, 2.45) is 0 Å². The Morgan fingerprint density at radius 2 is 1.94 bits per heavy atom. The predicted molar refractivity (Wildman–Crippen MR) is 125 cm³/mol. The van der Waals surface area contributed by atoms with E-state index in [1.54, 1.807) is 12.5 Å². The minimum absolute atomic E-state index is 0.0591. The average Bonchev–Trinajstić information content (AvgIpc) is 2.95. The molecule has 0 aliphatic carbocycles. The lowest BCUT2D eigenvalue weighted by Gasteiger charge is -2.30. The van der Waals surface area contributed by atoms with Gasteiger partial charge in [-0.05, 0) is 37.5 Å². The maximum absolute atomic E-state index is 13.2. The number of urea groups is 1. The first-order chi connectivity index (χ1) is 15.2. The van der Waals surface area contributed by atoms with E-state index in [2.05, 4.69) is 49.9 Å². The van der Waals surface area contributed by atoms with Crippen LogP contribution >= 0.6 is 0 Å². The van der Waals surface area contributed by atoms with Gasteiger partial charge >= 0.3 is 6.03 Å². The molecule has 1 atom stereocenters. The van der Waals surface area contributed by atoms with Gasteiger partial charge in [0.2, 0.25) is 0 Å². The smallest absolute Gasteiger partial charge is 0.371 e. The highest BCUT2D eigenvalue weighted by atomic mass is 16.2. The molecule has 5 rings (SSSR count). The van der Waals surface area contributed by atoms with Gasteiger partial charge in [-0.2, -0.15) is 0 Å². The highest BCUT2D eigenvalue weighted by Gasteiger charge is 2.47. The molecule has 7 heteroatoms. The summed E-state index contributed by atoms with van der Waals surface area (Å²) >= 11 is 0. The van der Waals surface area contributed by atoms with E-state index in [4.69, 9.17) is 0 Å². The van der Waals surface area contributed by atoms with Crippen LogP contribution in [-0.4, -0.2) is 35.6 Å². The molecule has 2 N–H and O–H groups in total. The topological polar surface area (TPSA) is 70.2 Å². The Bertz CT molecular complexity index is 1110. The number of quaternary nitrogens is 1. The van der Waals surface area contributed by atoms with E-state index in [0.717, 1.165) is 35.4 Å². The highest BCUT2D eigenvalue weighted by Crippen LogP contribution is 2.39. The van der Waals surface area contributed by atoms with Gasteiger partial charge < -0.3 is 4.90 Å². The summed E-state index contributed by atoms with van der Waals surface area (Å²) in [5.74, 6) is 0. The Hall–Kier alpha value is -3.03. The third kappa shape index (κ3) is 3.54. The van der Waals surface area contributed by atoms with Gasteiger partial charge in [-0.25, -0.2) is 14.8 Å². The summed E-state index contributed by atoms with van der Waals surface area (Å²) in [6.45, 7) is 5.43. The number of anilines is 2. The Morgan fingerprint density at radius 1 is 1.13 bits per heavy atom. The Kier molecular flexibility index (Phi) is 5.29. The second-order valence-corrected chi connectivity index (χ2v) is 8.37. The van der Waals surface area contributed by atoms with Crippen LogP contribution in [0.4, 0.5) is 21.9 Å². The summed E-state index contributed by atoms with van der Waals surface area (Å²) in [4.78, 5) is 24.2. The highest BCUT2D eigenvalue weighted by molar-refractivity contribution is 6.10. The second-order valence-electron chi connectivity index (χ2n) is 8.37. The first-order valence-corrected chi connectivity index (χ1v) is 11.2. The van der Waals surface area contributed by atoms with E-state index >= 15 is 0 Å². The normalized spacial score (nSPS) is 21.1. The van der Waals surface area contributed by atoms with Gasteiger partial charge in [0.05, 0.1) is 12.1 Å². The molecule has 0 radical (unpaired) electrons. The molecule has 1 unspecified atom stereocenters. The van der Waals surface area contributed by atoms with E-state index in [1.165, 1.54) is 36.9 Å². The number of rotatable bonds is 5. The molecular weight excluding hydrogens is 388 g/mol.